The fourth-order valence-electron chi connectivity index (χ4n) is 3.79. The SMILES string of the molecule is Fc1ccc(CN(Cn2ncn(C3CC3)c2=S)C2CCCCC2)cc1. The summed E-state index contributed by atoms with van der Waals surface area (Å²) in [6.45, 7) is 1.52. The second-order valence-corrected chi connectivity index (χ2v) is 7.72. The predicted molar refractivity (Wildman–Crippen MR) is 98.1 cm³/mol. The van der Waals surface area contributed by atoms with Gasteiger partial charge in [0.1, 0.15) is 12.1 Å². The van der Waals surface area contributed by atoms with Crippen LogP contribution in [0.1, 0.15) is 56.6 Å². The van der Waals surface area contributed by atoms with Gasteiger partial charge in [-0.05, 0) is 55.6 Å². The van der Waals surface area contributed by atoms with Crippen LogP contribution >= 0.6 is 12.2 Å². The number of hydrogen-bond donors (Lipinski definition) is 0. The zero-order chi connectivity index (χ0) is 17.2. The third kappa shape index (κ3) is 4.01. The van der Waals surface area contributed by atoms with Crippen LogP contribution in [0.3, 0.4) is 0 Å². The Balaban J connectivity index is 1.53. The Morgan fingerprint density at radius 3 is 2.48 bits per heavy atom. The molecule has 2 saturated carbocycles. The molecule has 0 saturated heterocycles. The molecule has 0 radical (unpaired) electrons. The number of aromatic nitrogens is 3. The molecule has 1 aromatic heterocycles. The third-order valence-electron chi connectivity index (χ3n) is 5.40. The van der Waals surface area contributed by atoms with E-state index in [-0.39, 0.29) is 5.82 Å². The van der Waals surface area contributed by atoms with Crippen molar-refractivity contribution in [2.24, 2.45) is 0 Å². The molecule has 1 aromatic carbocycles. The fraction of sp³-hybridized carbons (Fsp3) is 0.579. The summed E-state index contributed by atoms with van der Waals surface area (Å²) in [6, 6.07) is 7.96. The Hall–Kier alpha value is -1.53. The molecule has 134 valence electrons. The van der Waals surface area contributed by atoms with Crippen molar-refractivity contribution < 1.29 is 4.39 Å². The van der Waals surface area contributed by atoms with Crippen LogP contribution < -0.4 is 0 Å². The van der Waals surface area contributed by atoms with Gasteiger partial charge in [0.15, 0.2) is 4.77 Å². The average Bonchev–Trinajstić information content (AvgIpc) is 3.42. The lowest BCUT2D eigenvalue weighted by atomic mass is 9.94. The molecule has 0 unspecified atom stereocenters. The molecular weight excluding hydrogens is 335 g/mol. The Labute approximate surface area is 153 Å². The normalized spacial score (nSPS) is 18.8. The number of benzene rings is 1. The first-order valence-corrected chi connectivity index (χ1v) is 9.74. The lowest BCUT2D eigenvalue weighted by Crippen LogP contribution is -2.38. The Bertz CT molecular complexity index is 756. The third-order valence-corrected chi connectivity index (χ3v) is 5.82. The standard InChI is InChI=1S/C19H25FN4S/c20-16-8-6-15(7-9-16)12-22(17-4-2-1-3-5-17)14-24-19(25)23(13-21-24)18-10-11-18/h6-9,13,17-18H,1-5,10-12,14H2. The lowest BCUT2D eigenvalue weighted by Gasteiger charge is -2.34. The van der Waals surface area contributed by atoms with Gasteiger partial charge in [0.05, 0.1) is 6.67 Å². The van der Waals surface area contributed by atoms with Crippen LogP contribution in [-0.4, -0.2) is 25.3 Å². The molecule has 4 rings (SSSR count). The maximum Gasteiger partial charge on any atom is 0.199 e. The Kier molecular flexibility index (Phi) is 4.99. The molecule has 0 aliphatic heterocycles. The number of halogens is 1. The van der Waals surface area contributed by atoms with E-state index < -0.39 is 0 Å². The van der Waals surface area contributed by atoms with E-state index in [2.05, 4.69) is 14.6 Å². The van der Waals surface area contributed by atoms with Crippen LogP contribution in [-0.2, 0) is 13.2 Å². The summed E-state index contributed by atoms with van der Waals surface area (Å²) in [5.74, 6) is -0.182. The van der Waals surface area contributed by atoms with Crippen molar-refractivity contribution in [1.29, 1.82) is 0 Å². The van der Waals surface area contributed by atoms with Crippen LogP contribution in [0.25, 0.3) is 0 Å². The van der Waals surface area contributed by atoms with Gasteiger partial charge in [-0.1, -0.05) is 31.4 Å². The highest BCUT2D eigenvalue weighted by Crippen LogP contribution is 2.34. The van der Waals surface area contributed by atoms with E-state index in [0.29, 0.717) is 18.8 Å². The maximum absolute atomic E-state index is 13.2. The first kappa shape index (κ1) is 16.9. The van der Waals surface area contributed by atoms with Gasteiger partial charge in [0, 0.05) is 18.6 Å². The van der Waals surface area contributed by atoms with Gasteiger partial charge in [0.2, 0.25) is 0 Å². The van der Waals surface area contributed by atoms with Gasteiger partial charge in [-0.15, -0.1) is 0 Å². The van der Waals surface area contributed by atoms with E-state index in [1.807, 2.05) is 23.1 Å². The molecule has 25 heavy (non-hydrogen) atoms. The highest BCUT2D eigenvalue weighted by Gasteiger charge is 2.26. The molecule has 2 aliphatic carbocycles. The number of nitrogens with zero attached hydrogens (tertiary/aromatic N) is 4. The summed E-state index contributed by atoms with van der Waals surface area (Å²) in [7, 11) is 0. The highest BCUT2D eigenvalue weighted by molar-refractivity contribution is 7.71. The molecule has 0 amide bonds. The van der Waals surface area contributed by atoms with Gasteiger partial charge in [-0.25, -0.2) is 9.07 Å². The van der Waals surface area contributed by atoms with E-state index >= 15 is 0 Å². The average molecular weight is 361 g/mol. The van der Waals surface area contributed by atoms with Crippen molar-refractivity contribution in [3.8, 4) is 0 Å². The van der Waals surface area contributed by atoms with E-state index in [1.165, 1.54) is 44.9 Å². The van der Waals surface area contributed by atoms with Crippen LogP contribution in [0.15, 0.2) is 30.6 Å². The van der Waals surface area contributed by atoms with Crippen LogP contribution in [0.2, 0.25) is 0 Å². The molecule has 2 fully saturated rings. The predicted octanol–water partition coefficient (Wildman–Crippen LogP) is 4.68. The largest absolute Gasteiger partial charge is 0.303 e. The second kappa shape index (κ2) is 7.38. The van der Waals surface area contributed by atoms with Crippen molar-refractivity contribution in [2.45, 2.75) is 70.2 Å². The first-order chi connectivity index (χ1) is 12.2. The van der Waals surface area contributed by atoms with E-state index in [4.69, 9.17) is 12.2 Å². The summed E-state index contributed by atoms with van der Waals surface area (Å²) < 4.78 is 18.1. The minimum atomic E-state index is -0.182. The molecule has 0 bridgehead atoms. The van der Waals surface area contributed by atoms with Crippen molar-refractivity contribution in [2.75, 3.05) is 0 Å². The maximum atomic E-state index is 13.2. The zero-order valence-electron chi connectivity index (χ0n) is 14.5. The molecule has 0 N–H and O–H groups in total. The van der Waals surface area contributed by atoms with Gasteiger partial charge in [-0.2, -0.15) is 5.10 Å². The summed E-state index contributed by atoms with van der Waals surface area (Å²) in [6.07, 6.45) is 10.6. The summed E-state index contributed by atoms with van der Waals surface area (Å²) >= 11 is 5.63. The van der Waals surface area contributed by atoms with Crippen molar-refractivity contribution in [3.63, 3.8) is 0 Å². The summed E-state index contributed by atoms with van der Waals surface area (Å²) in [5, 5.41) is 4.54. The lowest BCUT2D eigenvalue weighted by molar-refractivity contribution is 0.103. The van der Waals surface area contributed by atoms with Crippen LogP contribution in [0.5, 0.6) is 0 Å². The minimum absolute atomic E-state index is 0.182. The van der Waals surface area contributed by atoms with Gasteiger partial charge in [-0.3, -0.25) is 4.90 Å². The van der Waals surface area contributed by atoms with E-state index in [0.717, 1.165) is 16.9 Å². The number of rotatable bonds is 6. The molecule has 0 spiro atoms. The van der Waals surface area contributed by atoms with Gasteiger partial charge >= 0.3 is 0 Å². The zero-order valence-corrected chi connectivity index (χ0v) is 15.3. The van der Waals surface area contributed by atoms with E-state index in [1.54, 1.807) is 12.1 Å². The van der Waals surface area contributed by atoms with Gasteiger partial charge in [0.25, 0.3) is 0 Å². The van der Waals surface area contributed by atoms with Crippen LogP contribution in [0.4, 0.5) is 4.39 Å². The van der Waals surface area contributed by atoms with E-state index in [9.17, 15) is 4.39 Å². The smallest absolute Gasteiger partial charge is 0.199 e. The molecule has 1 heterocycles. The second-order valence-electron chi connectivity index (χ2n) is 7.36. The van der Waals surface area contributed by atoms with Crippen LogP contribution in [0, 0.1) is 10.6 Å². The summed E-state index contributed by atoms with van der Waals surface area (Å²) in [5.41, 5.74) is 1.14. The van der Waals surface area contributed by atoms with Crippen molar-refractivity contribution in [1.82, 2.24) is 19.2 Å². The Morgan fingerprint density at radius 1 is 1.08 bits per heavy atom. The minimum Gasteiger partial charge on any atom is -0.303 e. The van der Waals surface area contributed by atoms with Crippen molar-refractivity contribution in [3.05, 3.63) is 46.7 Å². The Morgan fingerprint density at radius 2 is 1.80 bits per heavy atom. The summed E-state index contributed by atoms with van der Waals surface area (Å²) in [4.78, 5) is 2.46. The quantitative estimate of drug-likeness (QED) is 0.700. The molecular formula is C19H25FN4S. The van der Waals surface area contributed by atoms with Gasteiger partial charge < -0.3 is 4.57 Å². The fourth-order valence-corrected chi connectivity index (χ4v) is 4.09. The molecule has 0 atom stereocenters. The molecule has 4 nitrogen and oxygen atoms in total. The number of hydrogen-bond acceptors (Lipinski definition) is 3. The topological polar surface area (TPSA) is 26.0 Å². The molecule has 6 heteroatoms. The molecule has 2 aromatic rings. The first-order valence-electron chi connectivity index (χ1n) is 9.33. The monoisotopic (exact) mass is 360 g/mol. The molecule has 2 aliphatic rings. The highest BCUT2D eigenvalue weighted by atomic mass is 32.1. The van der Waals surface area contributed by atoms with Crippen molar-refractivity contribution >= 4 is 12.2 Å².